The molecule has 2 aliphatic rings. The van der Waals surface area contributed by atoms with E-state index in [-0.39, 0.29) is 5.91 Å². The number of hydrogen-bond donors (Lipinski definition) is 0. The van der Waals surface area contributed by atoms with Crippen LogP contribution in [0.25, 0.3) is 22.6 Å². The van der Waals surface area contributed by atoms with Crippen molar-refractivity contribution in [3.63, 3.8) is 0 Å². The molecule has 208 valence electrons. The molecule has 1 amide bonds. The van der Waals surface area contributed by atoms with Crippen molar-refractivity contribution >= 4 is 5.91 Å². The van der Waals surface area contributed by atoms with Crippen LogP contribution >= 0.6 is 0 Å². The lowest BCUT2D eigenvalue weighted by atomic mass is 10.0. The smallest absolute Gasteiger partial charge is 0.316 e. The Morgan fingerprint density at radius 3 is 2.44 bits per heavy atom. The Bertz CT molecular complexity index is 1240. The number of aromatic nitrogens is 4. The van der Waals surface area contributed by atoms with Crippen LogP contribution in [0, 0.1) is 0 Å². The van der Waals surface area contributed by atoms with Gasteiger partial charge in [-0.05, 0) is 63.2 Å². The number of imidazole rings is 1. The molecule has 39 heavy (non-hydrogen) atoms. The van der Waals surface area contributed by atoms with Crippen molar-refractivity contribution < 1.29 is 9.53 Å². The minimum Gasteiger partial charge on any atom is -0.467 e. The molecule has 0 radical (unpaired) electrons. The molecule has 0 spiro atoms. The summed E-state index contributed by atoms with van der Waals surface area (Å²) in [6.07, 6.45) is 14.0. The van der Waals surface area contributed by atoms with Crippen molar-refractivity contribution in [1.29, 1.82) is 0 Å². The lowest BCUT2D eigenvalue weighted by Gasteiger charge is -2.36. The van der Waals surface area contributed by atoms with Crippen LogP contribution in [0.3, 0.4) is 0 Å². The summed E-state index contributed by atoms with van der Waals surface area (Å²) in [5, 5.41) is 0. The van der Waals surface area contributed by atoms with E-state index in [9.17, 15) is 4.79 Å². The number of amides is 1. The maximum absolute atomic E-state index is 14.1. The first-order chi connectivity index (χ1) is 19.1. The predicted molar refractivity (Wildman–Crippen MR) is 154 cm³/mol. The van der Waals surface area contributed by atoms with Crippen LogP contribution in [0.5, 0.6) is 6.01 Å². The second-order valence-electron chi connectivity index (χ2n) is 10.9. The number of benzene rings is 1. The van der Waals surface area contributed by atoms with Crippen molar-refractivity contribution in [1.82, 2.24) is 29.3 Å². The summed E-state index contributed by atoms with van der Waals surface area (Å²) in [6.45, 7) is 6.17. The predicted octanol–water partition coefficient (Wildman–Crippen LogP) is 5.38. The van der Waals surface area contributed by atoms with E-state index in [0.29, 0.717) is 29.0 Å². The molecule has 8 heteroatoms. The van der Waals surface area contributed by atoms with E-state index in [2.05, 4.69) is 46.1 Å². The third-order valence-electron chi connectivity index (χ3n) is 8.29. The minimum absolute atomic E-state index is 0.0256. The summed E-state index contributed by atoms with van der Waals surface area (Å²) < 4.78 is 7.12. The van der Waals surface area contributed by atoms with Crippen LogP contribution in [0.15, 0.2) is 36.7 Å². The fourth-order valence-corrected chi connectivity index (χ4v) is 6.06. The molecule has 0 atom stereocenters. The first kappa shape index (κ1) is 27.3. The summed E-state index contributed by atoms with van der Waals surface area (Å²) in [5.74, 6) is 0.809. The second-order valence-corrected chi connectivity index (χ2v) is 10.9. The summed E-state index contributed by atoms with van der Waals surface area (Å²) in [5.41, 5.74) is 4.25. The van der Waals surface area contributed by atoms with Gasteiger partial charge in [-0.1, -0.05) is 44.4 Å². The van der Waals surface area contributed by atoms with Crippen LogP contribution in [0.2, 0.25) is 0 Å². The lowest BCUT2D eigenvalue weighted by molar-refractivity contribution is 0.0636. The Kier molecular flexibility index (Phi) is 8.91. The molecular formula is C31H42N6O2. The van der Waals surface area contributed by atoms with Crippen LogP contribution in [-0.2, 0) is 13.5 Å². The van der Waals surface area contributed by atoms with Gasteiger partial charge in [0.25, 0.3) is 5.91 Å². The Morgan fingerprint density at radius 2 is 1.74 bits per heavy atom. The Labute approximate surface area is 232 Å². The highest BCUT2D eigenvalue weighted by atomic mass is 16.5. The van der Waals surface area contributed by atoms with Gasteiger partial charge in [-0.2, -0.15) is 0 Å². The van der Waals surface area contributed by atoms with Gasteiger partial charge in [0.05, 0.1) is 7.11 Å². The SMILES string of the molecule is CCCCCCc1cccc(-c2nc(-c3cnc(OC)nc3)c(C(=O)N3CCC(N4CCCC4)CC3)n2C)c1. The van der Waals surface area contributed by atoms with Crippen LogP contribution in [-0.4, -0.2) is 74.6 Å². The minimum atomic E-state index is 0.0256. The van der Waals surface area contributed by atoms with Crippen LogP contribution in [0.1, 0.15) is 74.3 Å². The number of piperidine rings is 1. The van der Waals surface area contributed by atoms with Gasteiger partial charge in [0.2, 0.25) is 0 Å². The maximum atomic E-state index is 14.1. The molecular weight excluding hydrogens is 488 g/mol. The molecule has 0 N–H and O–H groups in total. The number of aryl methyl sites for hydroxylation is 1. The molecule has 8 nitrogen and oxygen atoms in total. The molecule has 2 aromatic heterocycles. The number of ether oxygens (including phenoxy) is 1. The zero-order valence-corrected chi connectivity index (χ0v) is 23.7. The number of methoxy groups -OCH3 is 1. The molecule has 0 saturated carbocycles. The highest BCUT2D eigenvalue weighted by Crippen LogP contribution is 2.31. The molecule has 0 bridgehead atoms. The topological polar surface area (TPSA) is 76.4 Å². The standard InChI is InChI=1S/C31H42N6O2/c1-4-5-6-7-11-23-12-10-13-24(20-23)29-34-27(25-21-32-31(39-3)33-22-25)28(35(29)2)30(38)37-18-14-26(15-19-37)36-16-8-9-17-36/h10,12-13,20-22,26H,4-9,11,14-19H2,1-3H3. The zero-order chi connectivity index (χ0) is 27.2. The van der Waals surface area contributed by atoms with E-state index >= 15 is 0 Å². The van der Waals surface area contributed by atoms with Crippen molar-refractivity contribution in [2.45, 2.75) is 70.8 Å². The highest BCUT2D eigenvalue weighted by Gasteiger charge is 2.32. The van der Waals surface area contributed by atoms with Crippen LogP contribution in [0.4, 0.5) is 0 Å². The highest BCUT2D eigenvalue weighted by molar-refractivity contribution is 5.99. The number of unbranched alkanes of at least 4 members (excludes halogenated alkanes) is 3. The second kappa shape index (κ2) is 12.7. The molecule has 5 rings (SSSR count). The van der Waals surface area contributed by atoms with Gasteiger partial charge in [0, 0.05) is 49.7 Å². The van der Waals surface area contributed by atoms with Gasteiger partial charge in [-0.15, -0.1) is 0 Å². The van der Waals surface area contributed by atoms with Crippen molar-refractivity contribution in [3.05, 3.63) is 47.9 Å². The van der Waals surface area contributed by atoms with E-state index in [1.165, 1.54) is 57.2 Å². The summed E-state index contributed by atoms with van der Waals surface area (Å²) >= 11 is 0. The average Bonchev–Trinajstić information content (AvgIpc) is 3.64. The Morgan fingerprint density at radius 1 is 1.00 bits per heavy atom. The van der Waals surface area contributed by atoms with Gasteiger partial charge in [-0.3, -0.25) is 4.79 Å². The number of carbonyl (C=O) groups excluding carboxylic acids is 1. The molecule has 2 aliphatic heterocycles. The summed E-state index contributed by atoms with van der Waals surface area (Å²) in [4.78, 5) is 32.3. The molecule has 2 saturated heterocycles. The number of rotatable bonds is 10. The quantitative estimate of drug-likeness (QED) is 0.328. The van der Waals surface area contributed by atoms with E-state index < -0.39 is 0 Å². The number of hydrogen-bond acceptors (Lipinski definition) is 6. The monoisotopic (exact) mass is 530 g/mol. The molecule has 0 aliphatic carbocycles. The molecule has 1 aromatic carbocycles. The van der Waals surface area contributed by atoms with E-state index in [1.807, 2.05) is 16.5 Å². The maximum Gasteiger partial charge on any atom is 0.316 e. The van der Waals surface area contributed by atoms with Crippen LogP contribution < -0.4 is 4.74 Å². The number of likely N-dealkylation sites (tertiary alicyclic amines) is 2. The van der Waals surface area contributed by atoms with Gasteiger partial charge in [-0.25, -0.2) is 15.0 Å². The summed E-state index contributed by atoms with van der Waals surface area (Å²) in [7, 11) is 3.50. The third kappa shape index (κ3) is 6.16. The Hall–Kier alpha value is -3.26. The van der Waals surface area contributed by atoms with Gasteiger partial charge >= 0.3 is 6.01 Å². The van der Waals surface area contributed by atoms with Crippen molar-refractivity contribution in [2.24, 2.45) is 7.05 Å². The number of carbonyl (C=O) groups is 1. The molecule has 2 fully saturated rings. The van der Waals surface area contributed by atoms with E-state index in [1.54, 1.807) is 19.5 Å². The van der Waals surface area contributed by atoms with Gasteiger partial charge < -0.3 is 19.1 Å². The van der Waals surface area contributed by atoms with Gasteiger partial charge in [0.15, 0.2) is 0 Å². The zero-order valence-electron chi connectivity index (χ0n) is 23.7. The van der Waals surface area contributed by atoms with E-state index in [0.717, 1.165) is 43.7 Å². The first-order valence-electron chi connectivity index (χ1n) is 14.6. The van der Waals surface area contributed by atoms with Gasteiger partial charge in [0.1, 0.15) is 17.2 Å². The Balaban J connectivity index is 1.44. The first-order valence-corrected chi connectivity index (χ1v) is 14.6. The normalized spacial score (nSPS) is 16.6. The summed E-state index contributed by atoms with van der Waals surface area (Å²) in [6, 6.07) is 9.48. The van der Waals surface area contributed by atoms with E-state index in [4.69, 9.17) is 9.72 Å². The molecule has 0 unspecified atom stereocenters. The molecule has 3 aromatic rings. The number of nitrogens with zero attached hydrogens (tertiary/aromatic N) is 6. The molecule has 4 heterocycles. The largest absolute Gasteiger partial charge is 0.467 e. The van der Waals surface area contributed by atoms with Crippen molar-refractivity contribution in [3.8, 4) is 28.7 Å². The lowest BCUT2D eigenvalue weighted by Crippen LogP contribution is -2.46. The third-order valence-corrected chi connectivity index (χ3v) is 8.29. The average molecular weight is 531 g/mol. The van der Waals surface area contributed by atoms with Crippen molar-refractivity contribution in [2.75, 3.05) is 33.3 Å². The fraction of sp³-hybridized carbons (Fsp3) is 0.548. The fourth-order valence-electron chi connectivity index (χ4n) is 6.06.